The number of amidine groups is 1. The van der Waals surface area contributed by atoms with E-state index < -0.39 is 11.2 Å². The molecule has 1 atom stereocenters. The number of amides is 2. The first-order valence-corrected chi connectivity index (χ1v) is 10.8. The number of hydrogen-bond donors (Lipinski definition) is 1. The summed E-state index contributed by atoms with van der Waals surface area (Å²) in [5.41, 5.74) is 1.50. The summed E-state index contributed by atoms with van der Waals surface area (Å²) < 4.78 is 15.4. The number of benzene rings is 2. The molecule has 0 saturated carbocycles. The number of rotatable bonds is 5. The molecule has 2 aliphatic heterocycles. The first-order chi connectivity index (χ1) is 15.5. The Hall–Kier alpha value is -3.53. The zero-order valence-electron chi connectivity index (χ0n) is 17.5. The molecule has 0 aliphatic carbocycles. The van der Waals surface area contributed by atoms with Gasteiger partial charge in [0.1, 0.15) is 5.25 Å². The topological polar surface area (TPSA) is 107 Å². The van der Waals surface area contributed by atoms with Crippen LogP contribution < -0.4 is 14.8 Å². The van der Waals surface area contributed by atoms with E-state index in [-0.39, 0.29) is 25.0 Å². The molecule has 10 heteroatoms. The second-order valence-electron chi connectivity index (χ2n) is 6.94. The smallest absolute Gasteiger partial charge is 0.337 e. The van der Waals surface area contributed by atoms with Crippen LogP contribution in [0.5, 0.6) is 11.5 Å². The SMILES string of the molecule is CCN1C(=O)C[C@@H](C(=O)Nc2ccc(C(=O)OC)cc2)SC1=Nc1ccc2c(c1)OCO2. The minimum Gasteiger partial charge on any atom is -0.465 e. The fourth-order valence-corrected chi connectivity index (χ4v) is 4.41. The summed E-state index contributed by atoms with van der Waals surface area (Å²) in [4.78, 5) is 43.2. The second kappa shape index (κ2) is 9.31. The summed E-state index contributed by atoms with van der Waals surface area (Å²) in [5, 5.41) is 2.60. The first kappa shape index (κ1) is 21.7. The molecule has 2 heterocycles. The second-order valence-corrected chi connectivity index (χ2v) is 8.11. The van der Waals surface area contributed by atoms with Gasteiger partial charge in [-0.3, -0.25) is 14.5 Å². The van der Waals surface area contributed by atoms with Crippen molar-refractivity contribution in [2.24, 2.45) is 4.99 Å². The highest BCUT2D eigenvalue weighted by Crippen LogP contribution is 2.36. The van der Waals surface area contributed by atoms with Crippen molar-refractivity contribution in [2.45, 2.75) is 18.6 Å². The van der Waals surface area contributed by atoms with E-state index in [0.29, 0.717) is 40.1 Å². The number of methoxy groups -OCH3 is 1. The van der Waals surface area contributed by atoms with Gasteiger partial charge < -0.3 is 19.5 Å². The van der Waals surface area contributed by atoms with Gasteiger partial charge in [-0.25, -0.2) is 9.79 Å². The molecule has 1 N–H and O–H groups in total. The van der Waals surface area contributed by atoms with Crippen molar-refractivity contribution in [3.05, 3.63) is 48.0 Å². The predicted octanol–water partition coefficient (Wildman–Crippen LogP) is 3.18. The summed E-state index contributed by atoms with van der Waals surface area (Å²) in [7, 11) is 1.30. The number of carbonyl (C=O) groups excluding carboxylic acids is 3. The van der Waals surface area contributed by atoms with E-state index in [1.165, 1.54) is 18.9 Å². The highest BCUT2D eigenvalue weighted by molar-refractivity contribution is 8.15. The maximum Gasteiger partial charge on any atom is 0.337 e. The molecule has 9 nitrogen and oxygen atoms in total. The fraction of sp³-hybridized carbons (Fsp3) is 0.273. The summed E-state index contributed by atoms with van der Waals surface area (Å²) in [6.45, 7) is 2.46. The number of carbonyl (C=O) groups is 3. The summed E-state index contributed by atoms with van der Waals surface area (Å²) in [6, 6.07) is 11.6. The third-order valence-electron chi connectivity index (χ3n) is 4.90. The van der Waals surface area contributed by atoms with Gasteiger partial charge in [0.2, 0.25) is 18.6 Å². The molecular weight excluding hydrogens is 434 g/mol. The molecular formula is C22H21N3O6S. The van der Waals surface area contributed by atoms with Crippen LogP contribution in [0.15, 0.2) is 47.5 Å². The largest absolute Gasteiger partial charge is 0.465 e. The van der Waals surface area contributed by atoms with E-state index in [4.69, 9.17) is 9.47 Å². The number of nitrogens with one attached hydrogen (secondary N) is 1. The summed E-state index contributed by atoms with van der Waals surface area (Å²) in [5.74, 6) is 0.284. The summed E-state index contributed by atoms with van der Waals surface area (Å²) >= 11 is 1.23. The average molecular weight is 455 g/mol. The number of fused-ring (bicyclic) bond motifs is 1. The van der Waals surface area contributed by atoms with Crippen LogP contribution in [0.25, 0.3) is 0 Å². The first-order valence-electron chi connectivity index (χ1n) is 9.93. The highest BCUT2D eigenvalue weighted by Gasteiger charge is 2.35. The summed E-state index contributed by atoms with van der Waals surface area (Å²) in [6.07, 6.45) is 0.0603. The van der Waals surface area contributed by atoms with Crippen LogP contribution in [0, 0.1) is 0 Å². The standard InChI is InChI=1S/C22H21N3O6S/c1-3-25-19(26)11-18(20(27)23-14-6-4-13(5-7-14)21(28)29-2)32-22(25)24-15-8-9-16-17(10-15)31-12-30-16/h4-10,18H,3,11-12H2,1-2H3,(H,23,27)/t18-/m0/s1. The number of esters is 1. The molecule has 2 amide bonds. The molecule has 0 aromatic heterocycles. The molecule has 166 valence electrons. The van der Waals surface area contributed by atoms with Gasteiger partial charge in [-0.1, -0.05) is 11.8 Å². The Bertz CT molecular complexity index is 1090. The van der Waals surface area contributed by atoms with E-state index in [9.17, 15) is 14.4 Å². The molecule has 2 aromatic rings. The van der Waals surface area contributed by atoms with Crippen molar-refractivity contribution in [2.75, 3.05) is 25.8 Å². The van der Waals surface area contributed by atoms with Gasteiger partial charge in [0, 0.05) is 24.7 Å². The Morgan fingerprint density at radius 3 is 2.66 bits per heavy atom. The number of hydrogen-bond acceptors (Lipinski definition) is 8. The molecule has 0 unspecified atom stereocenters. The van der Waals surface area contributed by atoms with Gasteiger partial charge in [-0.05, 0) is 43.3 Å². The molecule has 0 bridgehead atoms. The average Bonchev–Trinajstić information content (AvgIpc) is 3.27. The Kier molecular flexibility index (Phi) is 6.31. The fourth-order valence-electron chi connectivity index (χ4n) is 3.25. The Morgan fingerprint density at radius 1 is 1.19 bits per heavy atom. The lowest BCUT2D eigenvalue weighted by Crippen LogP contribution is -2.45. The van der Waals surface area contributed by atoms with Crippen molar-refractivity contribution in [1.82, 2.24) is 4.90 Å². The lowest BCUT2D eigenvalue weighted by Gasteiger charge is -2.30. The molecule has 2 aliphatic rings. The molecule has 0 radical (unpaired) electrons. The maximum absolute atomic E-state index is 12.8. The van der Waals surface area contributed by atoms with Gasteiger partial charge in [0.15, 0.2) is 16.7 Å². The lowest BCUT2D eigenvalue weighted by molar-refractivity contribution is -0.129. The lowest BCUT2D eigenvalue weighted by atomic mass is 10.2. The third-order valence-corrected chi connectivity index (χ3v) is 6.09. The van der Waals surface area contributed by atoms with Crippen LogP contribution in [0.3, 0.4) is 0 Å². The van der Waals surface area contributed by atoms with Gasteiger partial charge in [0.25, 0.3) is 0 Å². The van der Waals surface area contributed by atoms with Crippen molar-refractivity contribution < 1.29 is 28.6 Å². The highest BCUT2D eigenvalue weighted by atomic mass is 32.2. The van der Waals surface area contributed by atoms with Crippen LogP contribution in [-0.2, 0) is 14.3 Å². The minimum absolute atomic E-state index is 0.0603. The van der Waals surface area contributed by atoms with Gasteiger partial charge >= 0.3 is 5.97 Å². The van der Waals surface area contributed by atoms with E-state index >= 15 is 0 Å². The quantitative estimate of drug-likeness (QED) is 0.690. The van der Waals surface area contributed by atoms with E-state index in [2.05, 4.69) is 15.0 Å². The normalized spacial score (nSPS) is 18.6. The minimum atomic E-state index is -0.640. The van der Waals surface area contributed by atoms with E-state index in [1.54, 1.807) is 47.4 Å². The van der Waals surface area contributed by atoms with E-state index in [1.807, 2.05) is 6.92 Å². The number of ether oxygens (including phenoxy) is 3. The third kappa shape index (κ3) is 4.54. The number of aliphatic imine (C=N–C) groups is 1. The number of nitrogens with zero attached hydrogens (tertiary/aromatic N) is 2. The van der Waals surface area contributed by atoms with Crippen molar-refractivity contribution in [3.63, 3.8) is 0 Å². The molecule has 2 aromatic carbocycles. The predicted molar refractivity (Wildman–Crippen MR) is 119 cm³/mol. The van der Waals surface area contributed by atoms with Crippen LogP contribution in [0.2, 0.25) is 0 Å². The molecule has 1 fully saturated rings. The van der Waals surface area contributed by atoms with E-state index in [0.717, 1.165) is 0 Å². The number of anilines is 1. The zero-order valence-corrected chi connectivity index (χ0v) is 18.3. The molecule has 32 heavy (non-hydrogen) atoms. The van der Waals surface area contributed by atoms with Gasteiger partial charge in [0.05, 0.1) is 18.4 Å². The van der Waals surface area contributed by atoms with Crippen LogP contribution in [0.4, 0.5) is 11.4 Å². The zero-order chi connectivity index (χ0) is 22.7. The van der Waals surface area contributed by atoms with Gasteiger partial charge in [-0.15, -0.1) is 0 Å². The van der Waals surface area contributed by atoms with Crippen LogP contribution >= 0.6 is 11.8 Å². The Morgan fingerprint density at radius 2 is 1.94 bits per heavy atom. The van der Waals surface area contributed by atoms with Crippen molar-refractivity contribution >= 4 is 46.1 Å². The van der Waals surface area contributed by atoms with Crippen LogP contribution in [-0.4, -0.2) is 53.5 Å². The van der Waals surface area contributed by atoms with Crippen molar-refractivity contribution in [3.8, 4) is 11.5 Å². The molecule has 0 spiro atoms. The molecule has 4 rings (SSSR count). The Labute approximate surface area is 188 Å². The number of thioether (sulfide) groups is 1. The Balaban J connectivity index is 1.50. The monoisotopic (exact) mass is 455 g/mol. The van der Waals surface area contributed by atoms with Gasteiger partial charge in [-0.2, -0.15) is 0 Å². The maximum atomic E-state index is 12.8. The van der Waals surface area contributed by atoms with Crippen LogP contribution in [0.1, 0.15) is 23.7 Å². The van der Waals surface area contributed by atoms with Crippen molar-refractivity contribution in [1.29, 1.82) is 0 Å². The molecule has 1 saturated heterocycles.